The molecular weight excluding hydrogens is 506 g/mol. The van der Waals surface area contributed by atoms with Crippen molar-refractivity contribution in [2.24, 2.45) is 0 Å². The number of allylic oxidation sites excluding steroid dienone is 3. The maximum absolute atomic E-state index is 13.4. The van der Waals surface area contributed by atoms with Gasteiger partial charge in [-0.3, -0.25) is 9.59 Å². The summed E-state index contributed by atoms with van der Waals surface area (Å²) in [4.78, 5) is 40.0. The van der Waals surface area contributed by atoms with Gasteiger partial charge in [0.2, 0.25) is 5.78 Å². The highest BCUT2D eigenvalue weighted by atomic mass is 16.5. The van der Waals surface area contributed by atoms with Gasteiger partial charge in [-0.15, -0.1) is 0 Å². The largest absolute Gasteiger partial charge is 0.497 e. The number of ether oxygens (including phenoxy) is 2. The highest BCUT2D eigenvalue weighted by Gasteiger charge is 2.40. The van der Waals surface area contributed by atoms with E-state index in [2.05, 4.69) is 26.1 Å². The minimum atomic E-state index is -0.579. The molecule has 40 heavy (non-hydrogen) atoms. The molecule has 208 valence electrons. The topological polar surface area (TPSA) is 94.8 Å². The molecule has 0 saturated carbocycles. The summed E-state index contributed by atoms with van der Waals surface area (Å²) in [5.41, 5.74) is 5.06. The molecule has 3 aromatic rings. The number of carbonyl (C=O) groups is 3. The molecule has 7 nitrogen and oxygen atoms in total. The van der Waals surface area contributed by atoms with Gasteiger partial charge in [0.25, 0.3) is 0 Å². The fourth-order valence-corrected chi connectivity index (χ4v) is 5.69. The highest BCUT2D eigenvalue weighted by Crippen LogP contribution is 2.45. The third kappa shape index (κ3) is 4.85. The van der Waals surface area contributed by atoms with Gasteiger partial charge in [0.05, 0.1) is 19.3 Å². The summed E-state index contributed by atoms with van der Waals surface area (Å²) in [5.74, 6) is -0.342. The van der Waals surface area contributed by atoms with Crippen molar-refractivity contribution in [1.29, 1.82) is 0 Å². The predicted molar refractivity (Wildman–Crippen MR) is 152 cm³/mol. The molecule has 2 aliphatic rings. The molecule has 1 aliphatic heterocycles. The van der Waals surface area contributed by atoms with Crippen LogP contribution in [0.1, 0.15) is 87.0 Å². The minimum absolute atomic E-state index is 0.0352. The van der Waals surface area contributed by atoms with E-state index >= 15 is 0 Å². The second-order valence-corrected chi connectivity index (χ2v) is 11.4. The zero-order valence-electron chi connectivity index (χ0n) is 23.9. The van der Waals surface area contributed by atoms with E-state index in [1.165, 1.54) is 0 Å². The standard InChI is InChI=1S/C33H35NO6/c1-7-39-32(37)27-18(2)34-24-9-8-10-25(35)29(24)28(27)20-15-21-17-26(40-31(21)23(16-20)33(3,4)5)30(36)19-11-13-22(38-6)14-12-19/h11-17,28,34H,7-10H2,1-6H3. The summed E-state index contributed by atoms with van der Waals surface area (Å²) >= 11 is 0. The monoisotopic (exact) mass is 541 g/mol. The Morgan fingerprint density at radius 1 is 1.07 bits per heavy atom. The van der Waals surface area contributed by atoms with Crippen LogP contribution in [0.4, 0.5) is 0 Å². The van der Waals surface area contributed by atoms with Crippen LogP contribution in [-0.4, -0.2) is 31.3 Å². The fraction of sp³-hybridized carbons (Fsp3) is 0.364. The second kappa shape index (κ2) is 10.5. The molecule has 2 aromatic carbocycles. The number of nitrogens with one attached hydrogen (secondary N) is 1. The van der Waals surface area contributed by atoms with Crippen molar-refractivity contribution in [3.63, 3.8) is 0 Å². The Hall–Kier alpha value is -4.13. The SMILES string of the molecule is CCOC(=O)C1=C(C)NC2=C(C(=O)CCC2)C1c1cc(C(C)(C)C)c2oc(C(=O)c3ccc(OC)cc3)cc2c1. The lowest BCUT2D eigenvalue weighted by molar-refractivity contribution is -0.138. The Kier molecular flexibility index (Phi) is 7.17. The number of Topliss-reactive ketones (excluding diaryl/α,β-unsaturated/α-hetero) is 1. The van der Waals surface area contributed by atoms with Gasteiger partial charge in [-0.05, 0) is 74.1 Å². The number of esters is 1. The van der Waals surface area contributed by atoms with Crippen LogP contribution in [-0.2, 0) is 19.7 Å². The van der Waals surface area contributed by atoms with Crippen LogP contribution in [0.3, 0.4) is 0 Å². The molecule has 1 unspecified atom stereocenters. The number of hydrogen-bond donors (Lipinski definition) is 1. The van der Waals surface area contributed by atoms with Gasteiger partial charge in [-0.25, -0.2) is 4.79 Å². The van der Waals surface area contributed by atoms with Crippen LogP contribution in [0, 0.1) is 0 Å². The van der Waals surface area contributed by atoms with Crippen LogP contribution >= 0.6 is 0 Å². The van der Waals surface area contributed by atoms with Crippen LogP contribution < -0.4 is 10.1 Å². The van der Waals surface area contributed by atoms with Crippen molar-refractivity contribution >= 4 is 28.5 Å². The van der Waals surface area contributed by atoms with Gasteiger partial charge >= 0.3 is 5.97 Å². The molecule has 0 amide bonds. The van der Waals surface area contributed by atoms with E-state index in [4.69, 9.17) is 13.9 Å². The van der Waals surface area contributed by atoms with E-state index in [0.717, 1.165) is 35.1 Å². The molecule has 0 saturated heterocycles. The van der Waals surface area contributed by atoms with Crippen LogP contribution in [0.15, 0.2) is 69.4 Å². The molecular formula is C33H35NO6. The lowest BCUT2D eigenvalue weighted by Gasteiger charge is -2.34. The first-order valence-electron chi connectivity index (χ1n) is 13.7. The molecule has 1 aromatic heterocycles. The Balaban J connectivity index is 1.70. The first-order valence-corrected chi connectivity index (χ1v) is 13.7. The third-order valence-corrected chi connectivity index (χ3v) is 7.63. The van der Waals surface area contributed by atoms with Gasteiger partial charge in [0.15, 0.2) is 11.5 Å². The third-order valence-electron chi connectivity index (χ3n) is 7.63. The van der Waals surface area contributed by atoms with E-state index < -0.39 is 11.9 Å². The van der Waals surface area contributed by atoms with Crippen molar-refractivity contribution in [1.82, 2.24) is 5.32 Å². The molecule has 0 fully saturated rings. The Morgan fingerprint density at radius 3 is 2.45 bits per heavy atom. The molecule has 1 atom stereocenters. The number of hydrogen-bond acceptors (Lipinski definition) is 7. The van der Waals surface area contributed by atoms with Gasteiger partial charge in [-0.2, -0.15) is 0 Å². The summed E-state index contributed by atoms with van der Waals surface area (Å²) < 4.78 is 16.9. The summed E-state index contributed by atoms with van der Waals surface area (Å²) in [7, 11) is 1.58. The van der Waals surface area contributed by atoms with Crippen molar-refractivity contribution in [2.45, 2.75) is 65.2 Å². The van der Waals surface area contributed by atoms with E-state index in [1.54, 1.807) is 44.4 Å². The second-order valence-electron chi connectivity index (χ2n) is 11.4. The van der Waals surface area contributed by atoms with Gasteiger partial charge in [0, 0.05) is 45.8 Å². The number of ketones is 2. The summed E-state index contributed by atoms with van der Waals surface area (Å²) in [5, 5.41) is 4.07. The molecule has 0 spiro atoms. The zero-order valence-corrected chi connectivity index (χ0v) is 23.9. The molecule has 5 rings (SSSR count). The number of carbonyl (C=O) groups excluding carboxylic acids is 3. The van der Waals surface area contributed by atoms with E-state index in [1.807, 2.05) is 19.1 Å². The molecule has 1 N–H and O–H groups in total. The number of fused-ring (bicyclic) bond motifs is 1. The first kappa shape index (κ1) is 27.4. The average molecular weight is 542 g/mol. The smallest absolute Gasteiger partial charge is 0.336 e. The predicted octanol–water partition coefficient (Wildman–Crippen LogP) is 6.50. The number of dihydropyridines is 1. The number of furan rings is 1. The molecule has 2 heterocycles. The van der Waals surface area contributed by atoms with E-state index in [9.17, 15) is 14.4 Å². The lowest BCUT2D eigenvalue weighted by atomic mass is 9.73. The van der Waals surface area contributed by atoms with Crippen molar-refractivity contribution < 1.29 is 28.3 Å². The van der Waals surface area contributed by atoms with Crippen LogP contribution in [0.2, 0.25) is 0 Å². The van der Waals surface area contributed by atoms with Crippen LogP contribution in [0.25, 0.3) is 11.0 Å². The fourth-order valence-electron chi connectivity index (χ4n) is 5.69. The Morgan fingerprint density at radius 2 is 1.80 bits per heavy atom. The number of rotatable bonds is 6. The first-order chi connectivity index (χ1) is 19.0. The van der Waals surface area contributed by atoms with E-state index in [0.29, 0.717) is 40.2 Å². The molecule has 0 bridgehead atoms. The lowest BCUT2D eigenvalue weighted by Crippen LogP contribution is -2.34. The number of methoxy groups -OCH3 is 1. The summed E-state index contributed by atoms with van der Waals surface area (Å²) in [6.45, 7) is 10.1. The van der Waals surface area contributed by atoms with Gasteiger partial charge in [0.1, 0.15) is 11.3 Å². The van der Waals surface area contributed by atoms with Crippen LogP contribution in [0.5, 0.6) is 5.75 Å². The van der Waals surface area contributed by atoms with E-state index in [-0.39, 0.29) is 29.3 Å². The minimum Gasteiger partial charge on any atom is -0.497 e. The van der Waals surface area contributed by atoms with Crippen molar-refractivity contribution in [2.75, 3.05) is 13.7 Å². The quantitative estimate of drug-likeness (QED) is 0.281. The number of benzene rings is 2. The zero-order chi connectivity index (χ0) is 28.8. The molecule has 1 aliphatic carbocycles. The van der Waals surface area contributed by atoms with Crippen molar-refractivity contribution in [3.8, 4) is 5.75 Å². The molecule has 7 heteroatoms. The highest BCUT2D eigenvalue weighted by molar-refractivity contribution is 6.09. The normalized spacial score (nSPS) is 17.6. The van der Waals surface area contributed by atoms with Gasteiger partial charge in [-0.1, -0.05) is 26.8 Å². The summed E-state index contributed by atoms with van der Waals surface area (Å²) in [6, 6.07) is 12.6. The Bertz CT molecular complexity index is 1580. The average Bonchev–Trinajstić information content (AvgIpc) is 3.35. The summed E-state index contributed by atoms with van der Waals surface area (Å²) in [6.07, 6.45) is 1.95. The molecule has 0 radical (unpaired) electrons. The maximum atomic E-state index is 13.4. The Labute approximate surface area is 234 Å². The van der Waals surface area contributed by atoms with Gasteiger partial charge < -0.3 is 19.2 Å². The van der Waals surface area contributed by atoms with Crippen molar-refractivity contribution in [3.05, 3.63) is 87.5 Å². The maximum Gasteiger partial charge on any atom is 0.336 e.